The maximum Gasteiger partial charge on any atom is 0.698 e. The third kappa shape index (κ3) is 7.21. The highest BCUT2D eigenvalue weighted by atomic mass is 31.1. The second kappa shape index (κ2) is 7.43. The average Bonchev–Trinajstić information content (AvgIpc) is 2.01. The summed E-state index contributed by atoms with van der Waals surface area (Å²) in [6, 6.07) is 0. The summed E-state index contributed by atoms with van der Waals surface area (Å²) in [7, 11) is -2.04. The molecule has 0 saturated heterocycles. The highest BCUT2D eigenvalue weighted by Crippen LogP contribution is 2.22. The maximum absolute atomic E-state index is 10.7. The number of terminal acetylenes is 1. The van der Waals surface area contributed by atoms with Gasteiger partial charge < -0.3 is 0 Å². The van der Waals surface area contributed by atoms with E-state index in [1.807, 2.05) is 0 Å². The van der Waals surface area contributed by atoms with E-state index in [-0.39, 0.29) is 6.61 Å². The van der Waals surface area contributed by atoms with Crippen LogP contribution in [0.4, 0.5) is 0 Å². The van der Waals surface area contributed by atoms with Crippen LogP contribution in [0, 0.1) is 12.3 Å². The smallest absolute Gasteiger partial charge is 0.119 e. The lowest BCUT2D eigenvalue weighted by molar-refractivity contribution is 0.247. The van der Waals surface area contributed by atoms with Crippen LogP contribution in [-0.4, -0.2) is 13.2 Å². The van der Waals surface area contributed by atoms with Gasteiger partial charge in [0.2, 0.25) is 0 Å². The number of rotatable bonds is 6. The number of hydrogen-bond donors (Lipinski definition) is 0. The fourth-order valence-corrected chi connectivity index (χ4v) is 0.847. The summed E-state index contributed by atoms with van der Waals surface area (Å²) >= 11 is 0. The van der Waals surface area contributed by atoms with Gasteiger partial charge in [-0.25, -0.2) is 0 Å². The first-order chi connectivity index (χ1) is 5.31. The van der Waals surface area contributed by atoms with Crippen LogP contribution >= 0.6 is 8.25 Å². The minimum Gasteiger partial charge on any atom is -0.119 e. The largest absolute Gasteiger partial charge is 0.698 e. The van der Waals surface area contributed by atoms with Gasteiger partial charge in [-0.05, 0) is 6.42 Å². The van der Waals surface area contributed by atoms with Crippen molar-refractivity contribution >= 4 is 8.25 Å². The SMILES string of the molecule is C#CCO[P+](=O)OCCC=C. The van der Waals surface area contributed by atoms with E-state index in [0.29, 0.717) is 13.0 Å². The van der Waals surface area contributed by atoms with E-state index in [9.17, 15) is 4.57 Å². The Hall–Kier alpha value is -0.680. The molecule has 4 heteroatoms. The molecule has 0 radical (unpaired) electrons. The summed E-state index contributed by atoms with van der Waals surface area (Å²) in [6.07, 6.45) is 7.18. The Labute approximate surface area is 67.3 Å². The molecule has 11 heavy (non-hydrogen) atoms. The van der Waals surface area contributed by atoms with Crippen LogP contribution in [0.15, 0.2) is 12.7 Å². The Kier molecular flexibility index (Phi) is 6.97. The lowest BCUT2D eigenvalue weighted by Crippen LogP contribution is -1.87. The number of hydrogen-bond acceptors (Lipinski definition) is 3. The summed E-state index contributed by atoms with van der Waals surface area (Å²) in [5, 5.41) is 0. The van der Waals surface area contributed by atoms with Crippen molar-refractivity contribution in [3.63, 3.8) is 0 Å². The van der Waals surface area contributed by atoms with Gasteiger partial charge in [0.25, 0.3) is 0 Å². The summed E-state index contributed by atoms with van der Waals surface area (Å²) in [6.45, 7) is 3.84. The topological polar surface area (TPSA) is 35.5 Å². The van der Waals surface area contributed by atoms with E-state index < -0.39 is 8.25 Å². The monoisotopic (exact) mass is 173 g/mol. The summed E-state index contributed by atoms with van der Waals surface area (Å²) in [5.41, 5.74) is 0. The average molecular weight is 173 g/mol. The molecule has 0 amide bonds. The third-order valence-corrected chi connectivity index (χ3v) is 1.51. The summed E-state index contributed by atoms with van der Waals surface area (Å²) in [4.78, 5) is 0. The fourth-order valence-electron chi connectivity index (χ4n) is 0.338. The van der Waals surface area contributed by atoms with E-state index in [4.69, 9.17) is 10.9 Å². The van der Waals surface area contributed by atoms with Gasteiger partial charge in [0.15, 0.2) is 6.61 Å². The van der Waals surface area contributed by atoms with Gasteiger partial charge in [-0.3, -0.25) is 0 Å². The van der Waals surface area contributed by atoms with Crippen molar-refractivity contribution in [2.24, 2.45) is 0 Å². The molecule has 1 unspecified atom stereocenters. The van der Waals surface area contributed by atoms with Gasteiger partial charge in [-0.1, -0.05) is 12.0 Å². The van der Waals surface area contributed by atoms with E-state index >= 15 is 0 Å². The first kappa shape index (κ1) is 10.3. The molecule has 0 saturated carbocycles. The zero-order valence-electron chi connectivity index (χ0n) is 6.16. The molecule has 0 spiro atoms. The molecule has 0 heterocycles. The predicted molar refractivity (Wildman–Crippen MR) is 43.2 cm³/mol. The highest BCUT2D eigenvalue weighted by Gasteiger charge is 2.17. The zero-order chi connectivity index (χ0) is 8.53. The Balaban J connectivity index is 3.24. The van der Waals surface area contributed by atoms with Gasteiger partial charge in [0.05, 0.1) is 0 Å². The van der Waals surface area contributed by atoms with Crippen molar-refractivity contribution in [3.8, 4) is 12.3 Å². The molecule has 0 fully saturated rings. The van der Waals surface area contributed by atoms with Crippen molar-refractivity contribution in [2.75, 3.05) is 13.2 Å². The molecule has 0 aliphatic rings. The molecule has 0 rings (SSSR count). The lowest BCUT2D eigenvalue weighted by atomic mass is 10.5. The molecule has 0 aromatic rings. The molecule has 0 aliphatic heterocycles. The minimum atomic E-state index is -2.04. The second-order valence-electron chi connectivity index (χ2n) is 1.61. The van der Waals surface area contributed by atoms with Crippen LogP contribution in [0.1, 0.15) is 6.42 Å². The maximum atomic E-state index is 10.7. The Bertz CT molecular complexity index is 171. The first-order valence-corrected chi connectivity index (χ1v) is 4.18. The molecule has 1 atom stereocenters. The lowest BCUT2D eigenvalue weighted by Gasteiger charge is -1.84. The summed E-state index contributed by atoms with van der Waals surface area (Å²) in [5.74, 6) is 2.18. The second-order valence-corrected chi connectivity index (χ2v) is 2.58. The zero-order valence-corrected chi connectivity index (χ0v) is 7.05. The van der Waals surface area contributed by atoms with Crippen molar-refractivity contribution < 1.29 is 13.6 Å². The molecule has 0 N–H and O–H groups in total. The molecule has 0 aliphatic carbocycles. The van der Waals surface area contributed by atoms with Gasteiger partial charge >= 0.3 is 8.25 Å². The predicted octanol–water partition coefficient (Wildman–Crippen LogP) is 1.89. The van der Waals surface area contributed by atoms with Gasteiger partial charge in [0.1, 0.15) is 6.61 Å². The van der Waals surface area contributed by atoms with Gasteiger partial charge in [-0.2, -0.15) is 0 Å². The molecule has 0 aromatic heterocycles. The molecular weight excluding hydrogens is 163 g/mol. The van der Waals surface area contributed by atoms with E-state index in [0.717, 1.165) is 0 Å². The van der Waals surface area contributed by atoms with Crippen LogP contribution in [0.5, 0.6) is 0 Å². The Morgan fingerprint density at radius 2 is 2.36 bits per heavy atom. The van der Waals surface area contributed by atoms with Crippen LogP contribution in [0.3, 0.4) is 0 Å². The van der Waals surface area contributed by atoms with Crippen LogP contribution in [0.25, 0.3) is 0 Å². The van der Waals surface area contributed by atoms with E-state index in [1.165, 1.54) is 0 Å². The van der Waals surface area contributed by atoms with E-state index in [2.05, 4.69) is 17.0 Å². The molecule has 0 aromatic carbocycles. The summed E-state index contributed by atoms with van der Waals surface area (Å²) < 4.78 is 19.9. The van der Waals surface area contributed by atoms with Crippen molar-refractivity contribution in [1.82, 2.24) is 0 Å². The van der Waals surface area contributed by atoms with Crippen molar-refractivity contribution in [1.29, 1.82) is 0 Å². The van der Waals surface area contributed by atoms with Crippen LogP contribution in [0.2, 0.25) is 0 Å². The Morgan fingerprint density at radius 3 is 2.91 bits per heavy atom. The van der Waals surface area contributed by atoms with Crippen LogP contribution in [-0.2, 0) is 13.6 Å². The van der Waals surface area contributed by atoms with Crippen LogP contribution < -0.4 is 0 Å². The fraction of sp³-hybridized carbons (Fsp3) is 0.429. The minimum absolute atomic E-state index is 0.0172. The van der Waals surface area contributed by atoms with Crippen molar-refractivity contribution in [3.05, 3.63) is 12.7 Å². The molecular formula is C7H10O3P+. The molecule has 60 valence electrons. The van der Waals surface area contributed by atoms with Gasteiger partial charge in [-0.15, -0.1) is 22.0 Å². The standard InChI is InChI=1S/C7H10O3P/c1-3-5-7-10-11(8)9-6-4-2/h2-3H,1,5-7H2/q+1. The molecule has 0 bridgehead atoms. The highest BCUT2D eigenvalue weighted by molar-refractivity contribution is 7.33. The molecule has 3 nitrogen and oxygen atoms in total. The quantitative estimate of drug-likeness (QED) is 0.266. The van der Waals surface area contributed by atoms with E-state index in [1.54, 1.807) is 6.08 Å². The van der Waals surface area contributed by atoms with Crippen molar-refractivity contribution in [2.45, 2.75) is 6.42 Å². The van der Waals surface area contributed by atoms with Gasteiger partial charge in [0, 0.05) is 4.57 Å². The first-order valence-electron chi connectivity index (χ1n) is 3.08. The normalized spacial score (nSPS) is 10.3. The Morgan fingerprint density at radius 1 is 1.64 bits per heavy atom. The third-order valence-electron chi connectivity index (χ3n) is 0.772.